The largest absolute Gasteiger partial charge is 0.369 e. The minimum Gasteiger partial charge on any atom is -0.369 e. The highest BCUT2D eigenvalue weighted by Gasteiger charge is 2.17. The highest BCUT2D eigenvalue weighted by molar-refractivity contribution is 6.29. The van der Waals surface area contributed by atoms with Gasteiger partial charge in [-0.1, -0.05) is 11.6 Å². The van der Waals surface area contributed by atoms with E-state index >= 15 is 0 Å². The number of hydrogen-bond acceptors (Lipinski definition) is 6. The zero-order valence-electron chi connectivity index (χ0n) is 11.5. The first-order valence-electron chi connectivity index (χ1n) is 6.56. The Labute approximate surface area is 123 Å². The molecule has 2 heterocycles. The number of piperazine rings is 1. The zero-order valence-corrected chi connectivity index (χ0v) is 12.2. The first-order valence-corrected chi connectivity index (χ1v) is 6.94. The van der Waals surface area contributed by atoms with E-state index in [1.54, 1.807) is 13.0 Å². The third-order valence-electron chi connectivity index (χ3n) is 3.26. The molecule has 110 valence electrons. The highest BCUT2D eigenvalue weighted by atomic mass is 35.5. The number of nitrogens with two attached hydrogens (primary N) is 1. The molecule has 3 N–H and O–H groups in total. The Bertz CT molecular complexity index is 455. The monoisotopic (exact) mass is 298 g/mol. The van der Waals surface area contributed by atoms with E-state index in [0.717, 1.165) is 39.3 Å². The van der Waals surface area contributed by atoms with E-state index in [1.807, 2.05) is 4.90 Å². The van der Waals surface area contributed by atoms with Crippen LogP contribution in [0.2, 0.25) is 5.15 Å². The summed E-state index contributed by atoms with van der Waals surface area (Å²) in [5.41, 5.74) is 5.52. The molecule has 0 atom stereocenters. The lowest BCUT2D eigenvalue weighted by Gasteiger charge is -2.34. The number of nitrogen functional groups attached to an aromatic ring is 1. The van der Waals surface area contributed by atoms with Gasteiger partial charge in [0.05, 0.1) is 0 Å². The molecular weight excluding hydrogens is 280 g/mol. The van der Waals surface area contributed by atoms with Crippen LogP contribution >= 0.6 is 11.6 Å². The topological polar surface area (TPSA) is 87.4 Å². The average molecular weight is 299 g/mol. The van der Waals surface area contributed by atoms with Gasteiger partial charge >= 0.3 is 0 Å². The smallest absolute Gasteiger partial charge is 0.223 e. The molecule has 2 rings (SSSR count). The van der Waals surface area contributed by atoms with Gasteiger partial charge in [0.25, 0.3) is 0 Å². The van der Waals surface area contributed by atoms with Crippen LogP contribution < -0.4 is 11.1 Å². The Hall–Kier alpha value is -1.60. The molecule has 20 heavy (non-hydrogen) atoms. The number of halogens is 1. The summed E-state index contributed by atoms with van der Waals surface area (Å²) in [6, 6.07) is 1.64. The third kappa shape index (κ3) is 4.21. The molecule has 1 fully saturated rings. The van der Waals surface area contributed by atoms with E-state index in [1.165, 1.54) is 0 Å². The predicted octanol–water partition coefficient (Wildman–Crippen LogP) is 0.288. The number of carbonyl (C=O) groups excluding carboxylic acids is 1. The molecular formula is C12H19ClN6O. The highest BCUT2D eigenvalue weighted by Crippen LogP contribution is 2.12. The van der Waals surface area contributed by atoms with Gasteiger partial charge in [0.15, 0.2) is 0 Å². The normalized spacial score (nSPS) is 16.2. The van der Waals surface area contributed by atoms with Gasteiger partial charge in [-0.15, -0.1) is 0 Å². The molecule has 8 heteroatoms. The van der Waals surface area contributed by atoms with Crippen molar-refractivity contribution in [3.8, 4) is 0 Å². The molecule has 1 aromatic heterocycles. The van der Waals surface area contributed by atoms with Crippen LogP contribution in [0.15, 0.2) is 6.07 Å². The van der Waals surface area contributed by atoms with E-state index in [2.05, 4.69) is 20.2 Å². The minimum absolute atomic E-state index is 0.147. The third-order valence-corrected chi connectivity index (χ3v) is 3.46. The Morgan fingerprint density at radius 1 is 1.40 bits per heavy atom. The van der Waals surface area contributed by atoms with Crippen molar-refractivity contribution in [1.82, 2.24) is 19.8 Å². The summed E-state index contributed by atoms with van der Waals surface area (Å²) < 4.78 is 0. The standard InChI is InChI=1S/C12H19ClN6O/c1-9(20)19-6-4-18(5-7-19)3-2-15-11-8-10(13)16-12(14)17-11/h8H,2-7H2,1H3,(H3,14,15,16,17). The van der Waals surface area contributed by atoms with Crippen molar-refractivity contribution in [2.24, 2.45) is 0 Å². The summed E-state index contributed by atoms with van der Waals surface area (Å²) in [5.74, 6) is 0.939. The number of hydrogen-bond donors (Lipinski definition) is 2. The summed E-state index contributed by atoms with van der Waals surface area (Å²) in [5, 5.41) is 3.50. The quantitative estimate of drug-likeness (QED) is 0.777. The van der Waals surface area contributed by atoms with Crippen molar-refractivity contribution in [3.63, 3.8) is 0 Å². The fourth-order valence-electron chi connectivity index (χ4n) is 2.15. The predicted molar refractivity (Wildman–Crippen MR) is 78.6 cm³/mol. The number of nitrogens with one attached hydrogen (secondary N) is 1. The molecule has 1 saturated heterocycles. The molecule has 0 unspecified atom stereocenters. The average Bonchev–Trinajstić information content (AvgIpc) is 2.38. The van der Waals surface area contributed by atoms with Gasteiger partial charge in [0.2, 0.25) is 11.9 Å². The fraction of sp³-hybridized carbons (Fsp3) is 0.583. The molecule has 0 aliphatic carbocycles. The van der Waals surface area contributed by atoms with E-state index in [0.29, 0.717) is 11.0 Å². The van der Waals surface area contributed by atoms with E-state index < -0.39 is 0 Å². The second kappa shape index (κ2) is 6.71. The number of anilines is 2. The van der Waals surface area contributed by atoms with Gasteiger partial charge in [-0.05, 0) is 0 Å². The fourth-order valence-corrected chi connectivity index (χ4v) is 2.34. The second-order valence-corrected chi connectivity index (χ2v) is 5.10. The summed E-state index contributed by atoms with van der Waals surface area (Å²) in [4.78, 5) is 23.3. The van der Waals surface area contributed by atoms with Gasteiger partial charge in [-0.3, -0.25) is 9.69 Å². The van der Waals surface area contributed by atoms with E-state index in [-0.39, 0.29) is 11.9 Å². The lowest BCUT2D eigenvalue weighted by molar-refractivity contribution is -0.130. The van der Waals surface area contributed by atoms with Crippen molar-refractivity contribution < 1.29 is 4.79 Å². The van der Waals surface area contributed by atoms with Crippen molar-refractivity contribution in [1.29, 1.82) is 0 Å². The van der Waals surface area contributed by atoms with Crippen LogP contribution in [0.25, 0.3) is 0 Å². The summed E-state index contributed by atoms with van der Waals surface area (Å²) >= 11 is 5.80. The van der Waals surface area contributed by atoms with Gasteiger partial charge in [0.1, 0.15) is 11.0 Å². The maximum absolute atomic E-state index is 11.2. The Balaban J connectivity index is 1.73. The SMILES string of the molecule is CC(=O)N1CCN(CCNc2cc(Cl)nc(N)n2)CC1. The van der Waals surface area contributed by atoms with Crippen LogP contribution in [0.5, 0.6) is 0 Å². The van der Waals surface area contributed by atoms with Crippen LogP contribution in [-0.4, -0.2) is 64.9 Å². The molecule has 0 aromatic carbocycles. The van der Waals surface area contributed by atoms with Crippen LogP contribution in [0, 0.1) is 0 Å². The molecule has 0 spiro atoms. The number of rotatable bonds is 4. The van der Waals surface area contributed by atoms with Crippen molar-refractivity contribution in [2.45, 2.75) is 6.92 Å². The van der Waals surface area contributed by atoms with Gasteiger partial charge in [-0.2, -0.15) is 4.98 Å². The van der Waals surface area contributed by atoms with Crippen molar-refractivity contribution in [2.75, 3.05) is 50.3 Å². The molecule has 0 saturated carbocycles. The molecule has 0 radical (unpaired) electrons. The number of aromatic nitrogens is 2. The maximum Gasteiger partial charge on any atom is 0.223 e. The first-order chi connectivity index (χ1) is 9.54. The lowest BCUT2D eigenvalue weighted by Crippen LogP contribution is -2.49. The van der Waals surface area contributed by atoms with E-state index in [9.17, 15) is 4.79 Å². The molecule has 1 aliphatic rings. The Kier molecular flexibility index (Phi) is 4.97. The first kappa shape index (κ1) is 14.8. The number of nitrogens with zero attached hydrogens (tertiary/aromatic N) is 4. The molecule has 1 aromatic rings. The van der Waals surface area contributed by atoms with Crippen LogP contribution in [0.4, 0.5) is 11.8 Å². The molecule has 0 bridgehead atoms. The van der Waals surface area contributed by atoms with Crippen LogP contribution in [0.3, 0.4) is 0 Å². The van der Waals surface area contributed by atoms with Gasteiger partial charge < -0.3 is 16.0 Å². The minimum atomic E-state index is 0.147. The molecule has 1 aliphatic heterocycles. The Morgan fingerprint density at radius 2 is 2.10 bits per heavy atom. The van der Waals surface area contributed by atoms with Gasteiger partial charge in [-0.25, -0.2) is 4.98 Å². The van der Waals surface area contributed by atoms with Crippen LogP contribution in [0.1, 0.15) is 6.92 Å². The summed E-state index contributed by atoms with van der Waals surface area (Å²) in [6.07, 6.45) is 0. The Morgan fingerprint density at radius 3 is 2.70 bits per heavy atom. The second-order valence-electron chi connectivity index (χ2n) is 4.71. The molecule has 1 amide bonds. The zero-order chi connectivity index (χ0) is 14.5. The number of amides is 1. The number of carbonyl (C=O) groups is 1. The van der Waals surface area contributed by atoms with Crippen molar-refractivity contribution >= 4 is 29.3 Å². The van der Waals surface area contributed by atoms with Crippen molar-refractivity contribution in [3.05, 3.63) is 11.2 Å². The van der Waals surface area contributed by atoms with Crippen LogP contribution in [-0.2, 0) is 4.79 Å². The summed E-state index contributed by atoms with van der Waals surface area (Å²) in [7, 11) is 0. The molecule has 7 nitrogen and oxygen atoms in total. The van der Waals surface area contributed by atoms with E-state index in [4.69, 9.17) is 17.3 Å². The lowest BCUT2D eigenvalue weighted by atomic mass is 10.3. The maximum atomic E-state index is 11.2. The van der Waals surface area contributed by atoms with Gasteiger partial charge in [0, 0.05) is 52.3 Å². The summed E-state index contributed by atoms with van der Waals surface area (Å²) in [6.45, 7) is 6.62.